The highest BCUT2D eigenvalue weighted by Crippen LogP contribution is 2.23. The molecule has 1 aromatic carbocycles. The van der Waals surface area contributed by atoms with Crippen molar-refractivity contribution in [3.05, 3.63) is 30.2 Å². The van der Waals surface area contributed by atoms with Crippen LogP contribution in [0.4, 0.5) is 0 Å². The van der Waals surface area contributed by atoms with Crippen LogP contribution in [0.15, 0.2) is 33.7 Å². The predicted octanol–water partition coefficient (Wildman–Crippen LogP) is 3.91. The third-order valence-electron chi connectivity index (χ3n) is 5.64. The van der Waals surface area contributed by atoms with E-state index in [1.165, 1.54) is 50.1 Å². The van der Waals surface area contributed by atoms with Crippen LogP contribution in [0.2, 0.25) is 0 Å². The first kappa shape index (κ1) is 18.0. The summed E-state index contributed by atoms with van der Waals surface area (Å²) in [6.45, 7) is 5.62. The van der Waals surface area contributed by atoms with E-state index in [2.05, 4.69) is 50.5 Å². The largest absolute Gasteiger partial charge is 0.338 e. The highest BCUT2D eigenvalue weighted by Gasteiger charge is 2.26. The number of hydrogen-bond donors (Lipinski definition) is 0. The van der Waals surface area contributed by atoms with Gasteiger partial charge in [0.2, 0.25) is 11.7 Å². The molecule has 0 N–H and O–H groups in total. The molecule has 0 atom stereocenters. The fraction of sp³-hybridized carbons (Fsp3) is 0.600. The van der Waals surface area contributed by atoms with Crippen molar-refractivity contribution in [2.75, 3.05) is 32.4 Å². The SMILES string of the molecule is CSc1ccc(-c2noc(CN3CCC(N4CCCCC4)CC3)n2)cc1. The molecule has 0 unspecified atom stereocenters. The first-order valence-electron chi connectivity index (χ1n) is 9.75. The third-order valence-corrected chi connectivity index (χ3v) is 6.38. The van der Waals surface area contributed by atoms with Crippen molar-refractivity contribution >= 4 is 11.8 Å². The zero-order valence-electron chi connectivity index (χ0n) is 15.6. The molecule has 1 aromatic heterocycles. The van der Waals surface area contributed by atoms with Crippen molar-refractivity contribution in [3.8, 4) is 11.4 Å². The van der Waals surface area contributed by atoms with E-state index in [-0.39, 0.29) is 0 Å². The number of aromatic nitrogens is 2. The van der Waals surface area contributed by atoms with Gasteiger partial charge < -0.3 is 9.42 Å². The molecule has 140 valence electrons. The lowest BCUT2D eigenvalue weighted by Gasteiger charge is -2.39. The maximum Gasteiger partial charge on any atom is 0.241 e. The van der Waals surface area contributed by atoms with Crippen molar-refractivity contribution in [2.45, 2.75) is 49.6 Å². The molecule has 2 saturated heterocycles. The van der Waals surface area contributed by atoms with Crippen LogP contribution in [-0.2, 0) is 6.54 Å². The molecule has 0 spiro atoms. The van der Waals surface area contributed by atoms with Crippen molar-refractivity contribution < 1.29 is 4.52 Å². The average Bonchev–Trinajstić information content (AvgIpc) is 3.18. The molecule has 3 heterocycles. The lowest BCUT2D eigenvalue weighted by Crippen LogP contribution is -2.46. The Balaban J connectivity index is 1.30. The number of piperidine rings is 2. The molecule has 2 aliphatic rings. The van der Waals surface area contributed by atoms with E-state index in [0.29, 0.717) is 5.82 Å². The highest BCUT2D eigenvalue weighted by atomic mass is 32.2. The Kier molecular flexibility index (Phi) is 5.92. The van der Waals surface area contributed by atoms with Gasteiger partial charge in [0.05, 0.1) is 6.54 Å². The highest BCUT2D eigenvalue weighted by molar-refractivity contribution is 7.98. The van der Waals surface area contributed by atoms with Gasteiger partial charge in [-0.2, -0.15) is 4.98 Å². The maximum absolute atomic E-state index is 5.50. The van der Waals surface area contributed by atoms with Crippen LogP contribution in [0.1, 0.15) is 38.0 Å². The van der Waals surface area contributed by atoms with Crippen LogP contribution in [0.5, 0.6) is 0 Å². The summed E-state index contributed by atoms with van der Waals surface area (Å²) in [4.78, 5) is 11.0. The fourth-order valence-corrected chi connectivity index (χ4v) is 4.50. The Morgan fingerprint density at radius 1 is 1.04 bits per heavy atom. The number of thioether (sulfide) groups is 1. The van der Waals surface area contributed by atoms with Crippen molar-refractivity contribution in [1.29, 1.82) is 0 Å². The van der Waals surface area contributed by atoms with Gasteiger partial charge in [-0.1, -0.05) is 11.6 Å². The summed E-state index contributed by atoms with van der Waals surface area (Å²) in [5, 5.41) is 4.17. The minimum Gasteiger partial charge on any atom is -0.338 e. The molecule has 0 saturated carbocycles. The summed E-state index contributed by atoms with van der Waals surface area (Å²) >= 11 is 1.74. The van der Waals surface area contributed by atoms with Gasteiger partial charge in [-0.25, -0.2) is 0 Å². The van der Waals surface area contributed by atoms with Crippen LogP contribution in [0, 0.1) is 0 Å². The van der Waals surface area contributed by atoms with Gasteiger partial charge in [-0.3, -0.25) is 4.90 Å². The van der Waals surface area contributed by atoms with Crippen molar-refractivity contribution in [2.24, 2.45) is 0 Å². The number of nitrogens with zero attached hydrogens (tertiary/aromatic N) is 4. The van der Waals surface area contributed by atoms with Gasteiger partial charge in [-0.15, -0.1) is 11.8 Å². The summed E-state index contributed by atoms with van der Waals surface area (Å²) in [6, 6.07) is 9.09. The molecule has 0 amide bonds. The van der Waals surface area contributed by atoms with Gasteiger partial charge >= 0.3 is 0 Å². The molecular weight excluding hydrogens is 344 g/mol. The van der Waals surface area contributed by atoms with E-state index >= 15 is 0 Å². The number of rotatable bonds is 5. The quantitative estimate of drug-likeness (QED) is 0.742. The molecule has 6 heteroatoms. The molecule has 2 aliphatic heterocycles. The molecular formula is C20H28N4OS. The zero-order valence-corrected chi connectivity index (χ0v) is 16.4. The lowest BCUT2D eigenvalue weighted by molar-refractivity contribution is 0.0847. The van der Waals surface area contributed by atoms with Crippen LogP contribution >= 0.6 is 11.8 Å². The smallest absolute Gasteiger partial charge is 0.241 e. The van der Waals surface area contributed by atoms with Crippen LogP contribution in [0.25, 0.3) is 11.4 Å². The molecule has 2 aromatic rings. The Hall–Kier alpha value is -1.37. The fourth-order valence-electron chi connectivity index (χ4n) is 4.09. The Bertz CT molecular complexity index is 688. The van der Waals surface area contributed by atoms with Crippen molar-refractivity contribution in [3.63, 3.8) is 0 Å². The van der Waals surface area contributed by atoms with Gasteiger partial charge in [0.1, 0.15) is 0 Å². The van der Waals surface area contributed by atoms with Crippen molar-refractivity contribution in [1.82, 2.24) is 19.9 Å². The topological polar surface area (TPSA) is 45.4 Å². The van der Waals surface area contributed by atoms with Gasteiger partial charge in [0, 0.05) is 29.6 Å². The summed E-state index contributed by atoms with van der Waals surface area (Å²) in [5.74, 6) is 1.42. The Morgan fingerprint density at radius 2 is 1.77 bits per heavy atom. The van der Waals surface area contributed by atoms with E-state index in [9.17, 15) is 0 Å². The zero-order chi connectivity index (χ0) is 17.8. The second-order valence-corrected chi connectivity index (χ2v) is 8.22. The monoisotopic (exact) mass is 372 g/mol. The summed E-state index contributed by atoms with van der Waals surface area (Å²) < 4.78 is 5.50. The van der Waals surface area contributed by atoms with E-state index in [1.807, 2.05) is 0 Å². The number of hydrogen-bond acceptors (Lipinski definition) is 6. The predicted molar refractivity (Wildman–Crippen MR) is 105 cm³/mol. The second kappa shape index (κ2) is 8.55. The van der Waals surface area contributed by atoms with Crippen LogP contribution in [0.3, 0.4) is 0 Å². The molecule has 5 nitrogen and oxygen atoms in total. The van der Waals surface area contributed by atoms with E-state index in [4.69, 9.17) is 4.52 Å². The van der Waals surface area contributed by atoms with E-state index in [1.54, 1.807) is 11.8 Å². The van der Waals surface area contributed by atoms with E-state index < -0.39 is 0 Å². The maximum atomic E-state index is 5.50. The number of benzene rings is 1. The second-order valence-electron chi connectivity index (χ2n) is 7.34. The normalized spacial score (nSPS) is 20.5. The molecule has 0 bridgehead atoms. The van der Waals surface area contributed by atoms with E-state index in [0.717, 1.165) is 37.1 Å². The standard InChI is InChI=1S/C20H28N4OS/c1-26-18-7-5-16(6-8-18)20-21-19(25-22-20)15-23-13-9-17(10-14-23)24-11-3-2-4-12-24/h5-8,17H,2-4,9-15H2,1H3. The summed E-state index contributed by atoms with van der Waals surface area (Å²) in [5.41, 5.74) is 1.02. The van der Waals surface area contributed by atoms with Crippen LogP contribution in [-0.4, -0.2) is 58.4 Å². The van der Waals surface area contributed by atoms with Gasteiger partial charge in [0.25, 0.3) is 0 Å². The molecule has 4 rings (SSSR count). The Labute approximate surface area is 160 Å². The minimum atomic E-state index is 0.691. The minimum absolute atomic E-state index is 0.691. The summed E-state index contributed by atoms with van der Waals surface area (Å²) in [6.07, 6.45) is 8.77. The third kappa shape index (κ3) is 4.30. The first-order chi connectivity index (χ1) is 12.8. The molecule has 0 aliphatic carbocycles. The average molecular weight is 373 g/mol. The first-order valence-corrected chi connectivity index (χ1v) is 11.0. The Morgan fingerprint density at radius 3 is 2.46 bits per heavy atom. The number of likely N-dealkylation sites (tertiary alicyclic amines) is 2. The van der Waals surface area contributed by atoms with Gasteiger partial charge in [0.15, 0.2) is 0 Å². The molecule has 0 radical (unpaired) electrons. The summed E-state index contributed by atoms with van der Waals surface area (Å²) in [7, 11) is 0. The van der Waals surface area contributed by atoms with Gasteiger partial charge in [-0.05, 0) is 69.3 Å². The lowest BCUT2D eigenvalue weighted by atomic mass is 10.00. The van der Waals surface area contributed by atoms with Crippen LogP contribution < -0.4 is 0 Å². The molecule has 2 fully saturated rings. The molecule has 26 heavy (non-hydrogen) atoms.